The van der Waals surface area contributed by atoms with Crippen LogP contribution in [0.1, 0.15) is 81.1 Å². The molecule has 0 fully saturated rings. The van der Waals surface area contributed by atoms with Gasteiger partial charge in [0.05, 0.1) is 0 Å². The van der Waals surface area contributed by atoms with Gasteiger partial charge >= 0.3 is 0 Å². The van der Waals surface area contributed by atoms with Gasteiger partial charge in [0.1, 0.15) is 0 Å². The van der Waals surface area contributed by atoms with Gasteiger partial charge in [0.15, 0.2) is 0 Å². The van der Waals surface area contributed by atoms with Crippen LogP contribution in [0, 0.1) is 16.2 Å². The van der Waals surface area contributed by atoms with Crippen molar-refractivity contribution in [2.75, 3.05) is 0 Å². The van der Waals surface area contributed by atoms with Crippen LogP contribution in [0.25, 0.3) is 0 Å². The van der Waals surface area contributed by atoms with Crippen LogP contribution in [-0.2, 0) is 0 Å². The van der Waals surface area contributed by atoms with Crippen molar-refractivity contribution in [1.29, 1.82) is 0 Å². The largest absolute Gasteiger partial charge is 0.0648 e. The van der Waals surface area contributed by atoms with Crippen molar-refractivity contribution in [1.82, 2.24) is 0 Å². The average Bonchev–Trinajstić information content (AvgIpc) is 2.26. The quantitative estimate of drug-likeness (QED) is 0.532. The van der Waals surface area contributed by atoms with Crippen LogP contribution in [-0.4, -0.2) is 0 Å². The first-order valence-electron chi connectivity index (χ1n) is 6.74. The van der Waals surface area contributed by atoms with E-state index in [2.05, 4.69) is 55.4 Å². The third-order valence-corrected chi connectivity index (χ3v) is 6.14. The summed E-state index contributed by atoms with van der Waals surface area (Å²) in [5.41, 5.74) is 1.34. The van der Waals surface area contributed by atoms with Crippen LogP contribution in [0.15, 0.2) is 0 Å². The third-order valence-electron chi connectivity index (χ3n) is 6.14. The number of hydrogen-bond acceptors (Lipinski definition) is 0. The smallest absolute Gasteiger partial charge is 0.0247 e. The normalized spacial score (nSPS) is 14.4. The molecule has 0 bridgehead atoms. The highest BCUT2D eigenvalue weighted by Crippen LogP contribution is 2.57. The topological polar surface area (TPSA) is 0 Å². The molecule has 0 heterocycles. The lowest BCUT2D eigenvalue weighted by atomic mass is 9.50. The van der Waals surface area contributed by atoms with Crippen molar-refractivity contribution in [3.05, 3.63) is 0 Å². The summed E-state index contributed by atoms with van der Waals surface area (Å²) in [7, 11) is 0. The second-order valence-electron chi connectivity index (χ2n) is 6.16. The Hall–Kier alpha value is 0. The predicted octanol–water partition coefficient (Wildman–Crippen LogP) is 5.67. The first-order chi connectivity index (χ1) is 6.74. The molecule has 0 amide bonds. The lowest BCUT2D eigenvalue weighted by Gasteiger charge is -2.55. The van der Waals surface area contributed by atoms with Crippen molar-refractivity contribution in [2.24, 2.45) is 16.2 Å². The van der Waals surface area contributed by atoms with Gasteiger partial charge in [-0.05, 0) is 16.2 Å². The molecular weight excluding hydrogens is 180 g/mol. The molecule has 0 aliphatic carbocycles. The van der Waals surface area contributed by atoms with Crippen LogP contribution in [0.2, 0.25) is 0 Å². The van der Waals surface area contributed by atoms with E-state index in [-0.39, 0.29) is 0 Å². The van der Waals surface area contributed by atoms with Gasteiger partial charge in [-0.2, -0.15) is 0 Å². The molecule has 0 aliphatic rings. The van der Waals surface area contributed by atoms with Crippen LogP contribution in [0.5, 0.6) is 0 Å². The summed E-state index contributed by atoms with van der Waals surface area (Å²) in [5.74, 6) is 0. The fourth-order valence-electron chi connectivity index (χ4n) is 3.00. The van der Waals surface area contributed by atoms with Crippen molar-refractivity contribution in [3.8, 4) is 0 Å². The molecule has 0 atom stereocenters. The van der Waals surface area contributed by atoms with Crippen LogP contribution in [0.4, 0.5) is 0 Å². The van der Waals surface area contributed by atoms with Crippen molar-refractivity contribution < 1.29 is 0 Å². The first-order valence-corrected chi connectivity index (χ1v) is 6.74. The maximum absolute atomic E-state index is 2.48. The number of rotatable bonds is 6. The molecule has 0 rings (SSSR count). The molecule has 92 valence electrons. The highest BCUT2D eigenvalue weighted by atomic mass is 14.5. The Morgan fingerprint density at radius 2 is 0.733 bits per heavy atom. The fraction of sp³-hybridized carbons (Fsp3) is 1.00. The Morgan fingerprint density at radius 3 is 0.867 bits per heavy atom. The SMILES string of the molecule is CCC(C)(CC)C(C)(C)C(C)(CC)CC. The standard InChI is InChI=1S/C15H32/c1-9-14(7,10-2)13(5,6)15(8,11-3)12-4/h9-12H2,1-8H3. The van der Waals surface area contributed by atoms with Gasteiger partial charge in [-0.3, -0.25) is 0 Å². The van der Waals surface area contributed by atoms with Gasteiger partial charge in [-0.1, -0.05) is 81.1 Å². The molecular formula is C15H32. The molecule has 0 aromatic heterocycles. The van der Waals surface area contributed by atoms with Crippen molar-refractivity contribution in [3.63, 3.8) is 0 Å². The summed E-state index contributed by atoms with van der Waals surface area (Å²) >= 11 is 0. The van der Waals surface area contributed by atoms with E-state index in [4.69, 9.17) is 0 Å². The highest BCUT2D eigenvalue weighted by molar-refractivity contribution is 4.98. The van der Waals surface area contributed by atoms with Crippen LogP contribution < -0.4 is 0 Å². The summed E-state index contributed by atoms with van der Waals surface area (Å²) in [6.07, 6.45) is 5.14. The molecule has 0 radical (unpaired) electrons. The van der Waals surface area contributed by atoms with E-state index in [9.17, 15) is 0 Å². The Kier molecular flexibility index (Phi) is 4.89. The molecule has 0 unspecified atom stereocenters. The number of hydrogen-bond donors (Lipinski definition) is 0. The lowest BCUT2D eigenvalue weighted by Crippen LogP contribution is -2.46. The van der Waals surface area contributed by atoms with E-state index < -0.39 is 0 Å². The summed E-state index contributed by atoms with van der Waals surface area (Å²) in [6.45, 7) is 19.3. The van der Waals surface area contributed by atoms with Gasteiger partial charge in [-0.15, -0.1) is 0 Å². The van der Waals surface area contributed by atoms with Crippen LogP contribution in [0.3, 0.4) is 0 Å². The molecule has 15 heavy (non-hydrogen) atoms. The summed E-state index contributed by atoms with van der Waals surface area (Å²) in [4.78, 5) is 0. The third kappa shape index (κ3) is 2.24. The minimum absolute atomic E-state index is 0.410. The Balaban J connectivity index is 5.25. The Bertz CT molecular complexity index is 160. The molecule has 0 saturated carbocycles. The first kappa shape index (κ1) is 15.0. The highest BCUT2D eigenvalue weighted by Gasteiger charge is 2.48. The predicted molar refractivity (Wildman–Crippen MR) is 71.2 cm³/mol. The molecule has 0 aromatic carbocycles. The van der Waals surface area contributed by atoms with E-state index >= 15 is 0 Å². The molecule has 0 heteroatoms. The van der Waals surface area contributed by atoms with Gasteiger partial charge in [0, 0.05) is 0 Å². The molecule has 0 N–H and O–H groups in total. The Morgan fingerprint density at radius 1 is 0.533 bits per heavy atom. The maximum atomic E-state index is 2.48. The van der Waals surface area contributed by atoms with E-state index in [1.165, 1.54) is 25.7 Å². The molecule has 0 aliphatic heterocycles. The van der Waals surface area contributed by atoms with E-state index in [0.717, 1.165) is 0 Å². The second-order valence-corrected chi connectivity index (χ2v) is 6.16. The van der Waals surface area contributed by atoms with E-state index in [1.807, 2.05) is 0 Å². The molecule has 0 saturated heterocycles. The summed E-state index contributed by atoms with van der Waals surface area (Å²) < 4.78 is 0. The van der Waals surface area contributed by atoms with E-state index in [0.29, 0.717) is 16.2 Å². The van der Waals surface area contributed by atoms with Crippen LogP contribution >= 0.6 is 0 Å². The minimum atomic E-state index is 0.410. The lowest BCUT2D eigenvalue weighted by molar-refractivity contribution is -0.0527. The van der Waals surface area contributed by atoms with Crippen molar-refractivity contribution in [2.45, 2.75) is 81.1 Å². The van der Waals surface area contributed by atoms with Gasteiger partial charge in [-0.25, -0.2) is 0 Å². The summed E-state index contributed by atoms with van der Waals surface area (Å²) in [6, 6.07) is 0. The summed E-state index contributed by atoms with van der Waals surface area (Å²) in [5, 5.41) is 0. The molecule has 0 aromatic rings. The Labute approximate surface area is 97.8 Å². The monoisotopic (exact) mass is 212 g/mol. The minimum Gasteiger partial charge on any atom is -0.0648 e. The molecule has 0 spiro atoms. The zero-order valence-electron chi connectivity index (χ0n) is 12.3. The van der Waals surface area contributed by atoms with Gasteiger partial charge < -0.3 is 0 Å². The van der Waals surface area contributed by atoms with E-state index in [1.54, 1.807) is 0 Å². The fourth-order valence-corrected chi connectivity index (χ4v) is 3.00. The zero-order valence-corrected chi connectivity index (χ0v) is 12.3. The second kappa shape index (κ2) is 4.89. The zero-order chi connectivity index (χ0) is 12.3. The maximum Gasteiger partial charge on any atom is -0.0247 e. The van der Waals surface area contributed by atoms with Crippen molar-refractivity contribution >= 4 is 0 Å². The average molecular weight is 212 g/mol. The molecule has 0 nitrogen and oxygen atoms in total. The van der Waals surface area contributed by atoms with Gasteiger partial charge in [0.2, 0.25) is 0 Å². The van der Waals surface area contributed by atoms with Gasteiger partial charge in [0.25, 0.3) is 0 Å².